The first-order valence-corrected chi connectivity index (χ1v) is 20.5. The Hall–Kier alpha value is -3.98. The summed E-state index contributed by atoms with van der Waals surface area (Å²) in [6, 6.07) is 0. The molecule has 18 nitrogen and oxygen atoms in total. The molecule has 76 heavy (non-hydrogen) atoms. The third-order valence-electron chi connectivity index (χ3n) is 5.85. The molecule has 0 aromatic carbocycles. The normalized spacial score (nSPS) is 12.5. The van der Waals surface area contributed by atoms with E-state index >= 15 is 0 Å². The molecule has 0 heterocycles. The van der Waals surface area contributed by atoms with Crippen molar-refractivity contribution in [2.45, 2.75) is 115 Å². The van der Waals surface area contributed by atoms with E-state index in [0.29, 0.717) is 20.1 Å². The SMILES string of the molecule is CCC(CO)OCCF.CCC(O)CO.CCCCOCCC(O)(F)F.COCC(F)(F)OC(F)(F)C(F)(F)OF.COCOCC(C)(F)F.COC[C-](F)F.COC[C-](F)F.O.OCC(O)COCC(O)(F)F.[Rf].[Rf]. The third-order valence-corrected chi connectivity index (χ3v) is 5.85. The Morgan fingerprint density at radius 3 is 1.30 bits per heavy atom. The van der Waals surface area contributed by atoms with E-state index in [4.69, 9.17) is 45.2 Å². The van der Waals surface area contributed by atoms with Gasteiger partial charge in [-0.25, -0.2) is 17.9 Å². The number of hydrogen-bond acceptors (Lipinski definition) is 17. The number of unbranched alkanes of at least 4 members (excludes halogenated alkanes) is 1. The van der Waals surface area contributed by atoms with Crippen LogP contribution in [0, 0.1) is 12.9 Å². The summed E-state index contributed by atoms with van der Waals surface area (Å²) in [5, 5.41) is 57.5. The van der Waals surface area contributed by atoms with Crippen molar-refractivity contribution in [2.24, 2.45) is 0 Å². The van der Waals surface area contributed by atoms with Crippen LogP contribution in [0.25, 0.3) is 0 Å². The van der Waals surface area contributed by atoms with Crippen molar-refractivity contribution in [1.29, 1.82) is 0 Å². The van der Waals surface area contributed by atoms with Gasteiger partial charge in [0.1, 0.15) is 39.4 Å². The van der Waals surface area contributed by atoms with Crippen LogP contribution < -0.4 is 0 Å². The predicted molar refractivity (Wildman–Crippen MR) is 222 cm³/mol. The number of aliphatic hydroxyl groups is 7. The van der Waals surface area contributed by atoms with Gasteiger partial charge in [-0.2, -0.15) is 43.9 Å². The Morgan fingerprint density at radius 1 is 0.566 bits per heavy atom. The molecule has 0 rings (SSSR count). The fraction of sp³-hybridized carbons (Fsp3) is 0.947. The van der Waals surface area contributed by atoms with Gasteiger partial charge in [0.15, 0.2) is 0 Å². The van der Waals surface area contributed by atoms with Crippen molar-refractivity contribution in [2.75, 3.05) is 121 Å². The van der Waals surface area contributed by atoms with Crippen LogP contribution in [0.1, 0.15) is 59.8 Å². The molecule has 0 aromatic heterocycles. The topological polar surface area (TPSA) is 265 Å². The molecule has 3 unspecified atom stereocenters. The summed E-state index contributed by atoms with van der Waals surface area (Å²) in [6.45, 7) is 0.786. The van der Waals surface area contributed by atoms with Crippen molar-refractivity contribution >= 4 is 0 Å². The molecule has 0 amide bonds. The number of hydrogen-bond donors (Lipinski definition) is 7. The molecular weight excluding hydrogens is 1620 g/mol. The average Bonchev–Trinajstić information content (AvgIpc) is 3.26. The summed E-state index contributed by atoms with van der Waals surface area (Å²) in [5.74, 6) is -2.75. The predicted octanol–water partition coefficient (Wildman–Crippen LogP) is 6.10. The van der Waals surface area contributed by atoms with Crippen LogP contribution in [0.4, 0.5) is 79.2 Å². The van der Waals surface area contributed by atoms with Gasteiger partial charge in [0.25, 0.3) is 5.92 Å². The van der Waals surface area contributed by atoms with Gasteiger partial charge in [-0.15, -0.1) is 4.94 Å². The van der Waals surface area contributed by atoms with Gasteiger partial charge in [0, 0.05) is 54.8 Å². The first-order valence-electron chi connectivity index (χ1n) is 20.5. The van der Waals surface area contributed by atoms with Crippen LogP contribution in [0.15, 0.2) is 0 Å². The summed E-state index contributed by atoms with van der Waals surface area (Å²) in [6.07, 6.45) is -26.4. The van der Waals surface area contributed by atoms with Crippen molar-refractivity contribution in [3.8, 4) is 0 Å². The van der Waals surface area contributed by atoms with Gasteiger partial charge in [-0.05, 0) is 37.0 Å². The zero-order valence-corrected chi connectivity index (χ0v) is 55.9. The summed E-state index contributed by atoms with van der Waals surface area (Å²) in [4.78, 5) is 1.54. The van der Waals surface area contributed by atoms with Gasteiger partial charge >= 0.3 is 30.5 Å². The number of rotatable bonds is 32. The summed E-state index contributed by atoms with van der Waals surface area (Å²) in [7, 11) is 4.52. The van der Waals surface area contributed by atoms with Crippen molar-refractivity contribution < 1.29 is 168 Å². The first-order chi connectivity index (χ1) is 33.3. The van der Waals surface area contributed by atoms with E-state index in [1.54, 1.807) is 4.94 Å². The number of alkyl halides is 13. The second-order valence-electron chi connectivity index (χ2n) is 13.1. The summed E-state index contributed by atoms with van der Waals surface area (Å²) >= 11 is 0. The largest absolute Gasteiger partial charge is 0.478 e. The molecule has 0 saturated heterocycles. The summed E-state index contributed by atoms with van der Waals surface area (Å²) in [5.41, 5.74) is 0. The molecule has 0 aliphatic carbocycles. The molecule has 3 atom stereocenters. The van der Waals surface area contributed by atoms with E-state index in [-0.39, 0.29) is 44.8 Å². The Balaban J connectivity index is -0.0000000715. The molecule has 0 aromatic rings. The van der Waals surface area contributed by atoms with E-state index in [1.165, 1.54) is 21.3 Å². The quantitative estimate of drug-likeness (QED) is 0.0174. The first kappa shape index (κ1) is 97.6. The fourth-order valence-electron chi connectivity index (χ4n) is 2.57. The zero-order valence-electron chi connectivity index (χ0n) is 43.1. The average molecular weight is 1690 g/mol. The molecule has 0 saturated carbocycles. The van der Waals surface area contributed by atoms with Crippen LogP contribution in [-0.4, -0.2) is 217 Å². The smallest absolute Gasteiger partial charge is 0.419 e. The molecule has 0 aliphatic heterocycles. The van der Waals surface area contributed by atoms with Gasteiger partial charge in [0.2, 0.25) is 0 Å². The molecule has 9 N–H and O–H groups in total. The molecule has 0 aliphatic rings. The minimum absolute atomic E-state index is 0. The van der Waals surface area contributed by atoms with Crippen LogP contribution in [0.2, 0.25) is 0 Å². The van der Waals surface area contributed by atoms with Crippen molar-refractivity contribution in [3.63, 3.8) is 0 Å². The maximum absolute atomic E-state index is 12.2. The Morgan fingerprint density at radius 2 is 1.04 bits per heavy atom. The Labute approximate surface area is 416 Å². The second-order valence-corrected chi connectivity index (χ2v) is 13.1. The maximum atomic E-state index is 12.2. The summed E-state index contributed by atoms with van der Waals surface area (Å²) < 4.78 is 245. The Kier molecular flexibility index (Phi) is 77.3. The van der Waals surface area contributed by atoms with Crippen molar-refractivity contribution in [3.05, 3.63) is 12.9 Å². The van der Waals surface area contributed by atoms with Crippen LogP contribution in [0.5, 0.6) is 0 Å². The second kappa shape index (κ2) is 60.3. The van der Waals surface area contributed by atoms with Gasteiger partial charge in [-0.1, -0.05) is 27.2 Å². The van der Waals surface area contributed by atoms with E-state index in [1.807, 2.05) is 20.8 Å². The zero-order chi connectivity index (χ0) is 59.4. The number of methoxy groups -OCH3 is 4. The van der Waals surface area contributed by atoms with Crippen molar-refractivity contribution in [1.82, 2.24) is 0 Å². The van der Waals surface area contributed by atoms with Gasteiger partial charge in [0.05, 0.1) is 58.3 Å². The maximum Gasteiger partial charge on any atom is 0.478 e. The van der Waals surface area contributed by atoms with E-state index in [2.05, 4.69) is 33.2 Å². The van der Waals surface area contributed by atoms with Crippen LogP contribution >= 0.6 is 0 Å². The van der Waals surface area contributed by atoms with E-state index < -0.39 is 121 Å². The minimum Gasteiger partial charge on any atom is -0.419 e. The van der Waals surface area contributed by atoms with E-state index in [0.717, 1.165) is 26.2 Å². The molecule has 0 radical (unpaired) electrons. The number of halogens is 18. The standard InChI is InChI=1S/C7H14F2O2.C6H13FO2.C5H5F7O3.C5H10F2O4.C5H10F2O2.C4H10O2.2C3H5F2O.H2O.2Rf/c1-2-3-5-11-6-4-7(8,9)10;1-2-6(5-8)9-4-3-7;1-13-2-3(6,7)14-4(8,9)5(10,11)15-12;6-5(7,10)3-11-2-4(9)1-8;1-5(6,7)3-9-4-8-2;1-2-4(6)3-5;2*1-6-2-3(4)5;;;/h10H,2-6H2,1H3;6,8H,2-5H2,1H3;2H2,1H3;4,8-10H,1-3H2;3-4H2,1-2H3;4-6H,2-3H2,1H3;2*2H2,1H3;1H2;;/q;;;;;;2*-1;;;. The molecular formula is C38H74F18O18Rf2-2. The Bertz CT molecular complexity index is 1070. The van der Waals surface area contributed by atoms with Gasteiger partial charge < -0.3 is 96.7 Å². The molecule has 0 spiro atoms. The number of aliphatic hydroxyl groups excluding tert-OH is 5. The minimum atomic E-state index is -5.83. The van der Waals surface area contributed by atoms with Crippen LogP contribution in [0.3, 0.4) is 0 Å². The third kappa shape index (κ3) is 95.8. The van der Waals surface area contributed by atoms with Crippen LogP contribution in [-0.2, 0) is 47.6 Å². The molecule has 0 bridgehead atoms. The molecule has 38 heteroatoms. The van der Waals surface area contributed by atoms with E-state index in [9.17, 15) is 79.2 Å². The fourth-order valence-corrected chi connectivity index (χ4v) is 2.57. The number of ether oxygens (including phenoxy) is 9. The molecule has 466 valence electrons. The monoisotopic (exact) mass is 1690 g/mol. The van der Waals surface area contributed by atoms with Gasteiger partial charge in [-0.3, -0.25) is 0 Å². The molecule has 0 fully saturated rings.